The number of hydrogen-bond acceptors (Lipinski definition) is 4. The molecule has 0 unspecified atom stereocenters. The molecule has 0 N–H and O–H groups in total. The Balaban J connectivity index is 1.71. The summed E-state index contributed by atoms with van der Waals surface area (Å²) >= 11 is 6.10. The first-order valence-electron chi connectivity index (χ1n) is 10.1. The normalized spacial score (nSPS) is 11.5. The molecule has 0 aliphatic rings. The molecule has 0 aliphatic heterocycles. The van der Waals surface area contributed by atoms with Gasteiger partial charge in [0.05, 0.1) is 5.39 Å². The summed E-state index contributed by atoms with van der Waals surface area (Å²) in [4.78, 5) is 12.9. The van der Waals surface area contributed by atoms with Gasteiger partial charge in [0.2, 0.25) is 11.2 Å². The average Bonchev–Trinajstić information content (AvgIpc) is 2.80. The van der Waals surface area contributed by atoms with E-state index in [-0.39, 0.29) is 29.1 Å². The van der Waals surface area contributed by atoms with Crippen molar-refractivity contribution in [2.75, 3.05) is 0 Å². The molecule has 0 radical (unpaired) electrons. The molecule has 0 aliphatic carbocycles. The van der Waals surface area contributed by atoms with Gasteiger partial charge in [-0.05, 0) is 42.3 Å². The molecule has 0 atom stereocenters. The number of alkyl halides is 3. The average molecular weight is 475 g/mol. The van der Waals surface area contributed by atoms with E-state index in [0.29, 0.717) is 10.6 Å². The Bertz CT molecular complexity index is 1340. The Hall–Kier alpha value is -3.45. The molecule has 4 nitrogen and oxygen atoms in total. The predicted molar refractivity (Wildman–Crippen MR) is 119 cm³/mol. The van der Waals surface area contributed by atoms with E-state index in [9.17, 15) is 18.0 Å². The van der Waals surface area contributed by atoms with Crippen molar-refractivity contribution in [1.82, 2.24) is 0 Å². The summed E-state index contributed by atoms with van der Waals surface area (Å²) < 4.78 is 57.3. The van der Waals surface area contributed by atoms with E-state index in [1.807, 2.05) is 6.92 Å². The SMILES string of the molecule is CCc1ccc(Oc2c(C(F)(F)F)oc3cc(OCc4ccccc4Cl)ccc3c2=O)cc1. The Morgan fingerprint density at radius 2 is 1.67 bits per heavy atom. The van der Waals surface area contributed by atoms with Crippen molar-refractivity contribution in [1.29, 1.82) is 0 Å². The Kier molecular flexibility index (Phi) is 6.33. The second-order valence-electron chi connectivity index (χ2n) is 7.22. The standard InChI is InChI=1S/C25H18ClF3O4/c1-2-15-7-9-17(10-8-15)32-23-22(30)19-12-11-18(13-21(19)33-24(23)25(27,28)29)31-14-16-5-3-4-6-20(16)26/h3-13H,2,14H2,1H3. The molecule has 0 amide bonds. The first-order valence-corrected chi connectivity index (χ1v) is 10.4. The van der Waals surface area contributed by atoms with Crippen molar-refractivity contribution in [3.8, 4) is 17.2 Å². The van der Waals surface area contributed by atoms with Gasteiger partial charge in [0.15, 0.2) is 0 Å². The maximum atomic E-state index is 13.7. The molecule has 0 spiro atoms. The number of benzene rings is 3. The van der Waals surface area contributed by atoms with Gasteiger partial charge in [-0.15, -0.1) is 0 Å². The van der Waals surface area contributed by atoms with Crippen LogP contribution in [0.5, 0.6) is 17.2 Å². The van der Waals surface area contributed by atoms with Crippen molar-refractivity contribution in [2.45, 2.75) is 26.1 Å². The number of halogens is 4. The molecule has 0 saturated carbocycles. The van der Waals surface area contributed by atoms with E-state index < -0.39 is 23.1 Å². The first-order chi connectivity index (χ1) is 15.8. The number of ether oxygens (including phenoxy) is 2. The molecule has 170 valence electrons. The van der Waals surface area contributed by atoms with Crippen LogP contribution in [0.4, 0.5) is 13.2 Å². The minimum atomic E-state index is -4.94. The minimum absolute atomic E-state index is 0.0618. The molecule has 8 heteroatoms. The molecule has 1 aromatic heterocycles. The molecule has 0 saturated heterocycles. The summed E-state index contributed by atoms with van der Waals surface area (Å²) in [6.07, 6.45) is -4.19. The Labute approximate surface area is 192 Å². The van der Waals surface area contributed by atoms with Crippen LogP contribution >= 0.6 is 11.6 Å². The largest absolute Gasteiger partial charge is 0.489 e. The molecule has 0 fully saturated rings. The highest BCUT2D eigenvalue weighted by molar-refractivity contribution is 6.31. The maximum absolute atomic E-state index is 13.7. The van der Waals surface area contributed by atoms with E-state index in [2.05, 4.69) is 0 Å². The third-order valence-electron chi connectivity index (χ3n) is 4.98. The van der Waals surface area contributed by atoms with Gasteiger partial charge in [-0.3, -0.25) is 4.79 Å². The van der Waals surface area contributed by atoms with Gasteiger partial charge in [0.25, 0.3) is 5.76 Å². The fourth-order valence-electron chi connectivity index (χ4n) is 3.21. The lowest BCUT2D eigenvalue weighted by atomic mass is 10.1. The van der Waals surface area contributed by atoms with Crippen molar-refractivity contribution in [3.63, 3.8) is 0 Å². The highest BCUT2D eigenvalue weighted by Crippen LogP contribution is 2.38. The van der Waals surface area contributed by atoms with Gasteiger partial charge in [-0.25, -0.2) is 0 Å². The Morgan fingerprint density at radius 1 is 0.970 bits per heavy atom. The number of fused-ring (bicyclic) bond motifs is 1. The zero-order valence-corrected chi connectivity index (χ0v) is 18.2. The predicted octanol–water partition coefficient (Wildman–Crippen LogP) is 7.40. The van der Waals surface area contributed by atoms with E-state index in [1.165, 1.54) is 30.3 Å². The number of aryl methyl sites for hydroxylation is 1. The van der Waals surface area contributed by atoms with Gasteiger partial charge < -0.3 is 13.9 Å². The van der Waals surface area contributed by atoms with Crippen LogP contribution in [0.1, 0.15) is 23.8 Å². The summed E-state index contributed by atoms with van der Waals surface area (Å²) in [5.74, 6) is -2.10. The number of rotatable bonds is 6. The van der Waals surface area contributed by atoms with E-state index >= 15 is 0 Å². The Morgan fingerprint density at radius 3 is 2.33 bits per heavy atom. The second kappa shape index (κ2) is 9.19. The van der Waals surface area contributed by atoms with Crippen LogP contribution in [0.2, 0.25) is 5.02 Å². The number of hydrogen-bond donors (Lipinski definition) is 0. The zero-order valence-electron chi connectivity index (χ0n) is 17.4. The summed E-state index contributed by atoms with van der Waals surface area (Å²) in [5, 5.41) is 0.436. The van der Waals surface area contributed by atoms with Crippen LogP contribution in [-0.4, -0.2) is 0 Å². The van der Waals surface area contributed by atoms with Crippen molar-refractivity contribution in [3.05, 3.63) is 98.9 Å². The monoisotopic (exact) mass is 474 g/mol. The lowest BCUT2D eigenvalue weighted by Gasteiger charge is -2.14. The third kappa shape index (κ3) is 4.98. The second-order valence-corrected chi connectivity index (χ2v) is 7.63. The molecule has 4 rings (SSSR count). The van der Waals surface area contributed by atoms with Crippen LogP contribution < -0.4 is 14.9 Å². The summed E-state index contributed by atoms with van der Waals surface area (Å²) in [6, 6.07) is 17.5. The van der Waals surface area contributed by atoms with Crippen LogP contribution in [0.25, 0.3) is 11.0 Å². The van der Waals surface area contributed by atoms with Crippen molar-refractivity contribution >= 4 is 22.6 Å². The lowest BCUT2D eigenvalue weighted by Crippen LogP contribution is -2.15. The zero-order chi connectivity index (χ0) is 23.6. The quantitative estimate of drug-likeness (QED) is 0.292. The lowest BCUT2D eigenvalue weighted by molar-refractivity contribution is -0.154. The van der Waals surface area contributed by atoms with Crippen LogP contribution in [0.15, 0.2) is 75.9 Å². The van der Waals surface area contributed by atoms with E-state index in [0.717, 1.165) is 12.0 Å². The fraction of sp³-hybridized carbons (Fsp3) is 0.160. The highest BCUT2D eigenvalue weighted by atomic mass is 35.5. The smallest absolute Gasteiger partial charge is 0.453 e. The highest BCUT2D eigenvalue weighted by Gasteiger charge is 2.40. The first kappa shape index (κ1) is 22.7. The summed E-state index contributed by atoms with van der Waals surface area (Å²) in [6.45, 7) is 2.04. The van der Waals surface area contributed by atoms with E-state index in [1.54, 1.807) is 36.4 Å². The summed E-state index contributed by atoms with van der Waals surface area (Å²) in [7, 11) is 0. The van der Waals surface area contributed by atoms with Gasteiger partial charge in [0, 0.05) is 16.7 Å². The molecule has 3 aromatic carbocycles. The molecule has 1 heterocycles. The molecule has 4 aromatic rings. The van der Waals surface area contributed by atoms with Crippen LogP contribution in [0, 0.1) is 0 Å². The topological polar surface area (TPSA) is 48.7 Å². The van der Waals surface area contributed by atoms with Gasteiger partial charge in [-0.1, -0.05) is 48.9 Å². The molecule has 0 bridgehead atoms. The van der Waals surface area contributed by atoms with Crippen LogP contribution in [-0.2, 0) is 19.2 Å². The van der Waals surface area contributed by atoms with Crippen molar-refractivity contribution < 1.29 is 27.1 Å². The van der Waals surface area contributed by atoms with Gasteiger partial charge in [0.1, 0.15) is 23.7 Å². The maximum Gasteiger partial charge on any atom is 0.453 e. The molecule has 33 heavy (non-hydrogen) atoms. The molecular weight excluding hydrogens is 457 g/mol. The third-order valence-corrected chi connectivity index (χ3v) is 5.35. The van der Waals surface area contributed by atoms with E-state index in [4.69, 9.17) is 25.5 Å². The minimum Gasteiger partial charge on any atom is -0.489 e. The van der Waals surface area contributed by atoms with Gasteiger partial charge in [-0.2, -0.15) is 13.2 Å². The molecular formula is C25H18ClF3O4. The fourth-order valence-corrected chi connectivity index (χ4v) is 3.40. The van der Waals surface area contributed by atoms with Crippen LogP contribution in [0.3, 0.4) is 0 Å². The summed E-state index contributed by atoms with van der Waals surface area (Å²) in [5.41, 5.74) is 0.487. The van der Waals surface area contributed by atoms with Crippen molar-refractivity contribution in [2.24, 2.45) is 0 Å². The van der Waals surface area contributed by atoms with Gasteiger partial charge >= 0.3 is 6.18 Å².